The Morgan fingerprint density at radius 1 is 0.947 bits per heavy atom. The number of benzene rings is 1. The molecule has 0 atom stereocenters. The van der Waals surface area contributed by atoms with Crippen LogP contribution < -0.4 is 0 Å². The van der Waals surface area contributed by atoms with E-state index in [-0.39, 0.29) is 0 Å². The highest BCUT2D eigenvalue weighted by Gasteiger charge is 2.30. The first-order valence-corrected chi connectivity index (χ1v) is 7.68. The van der Waals surface area contributed by atoms with Crippen LogP contribution in [0, 0.1) is 5.92 Å². The zero-order chi connectivity index (χ0) is 13.1. The molecule has 0 bridgehead atoms. The van der Waals surface area contributed by atoms with Crippen LogP contribution >= 0.6 is 0 Å². The van der Waals surface area contributed by atoms with Crippen molar-refractivity contribution in [2.24, 2.45) is 5.92 Å². The van der Waals surface area contributed by atoms with Gasteiger partial charge in [0.2, 0.25) is 5.91 Å². The SMILES string of the molecule is O=C(C1CCCC1)N1CCC(c2ccccc2)CC1. The molecule has 3 rings (SSSR count). The molecular weight excluding hydrogens is 234 g/mol. The average Bonchev–Trinajstić information content (AvgIpc) is 3.02. The number of carbonyl (C=O) groups excluding carboxylic acids is 1. The van der Waals surface area contributed by atoms with E-state index in [1.807, 2.05) is 0 Å². The van der Waals surface area contributed by atoms with Crippen LogP contribution in [-0.2, 0) is 4.79 Å². The minimum atomic E-state index is 0.341. The van der Waals surface area contributed by atoms with Crippen LogP contribution in [0.15, 0.2) is 30.3 Å². The largest absolute Gasteiger partial charge is 0.342 e. The van der Waals surface area contributed by atoms with Gasteiger partial charge in [0, 0.05) is 19.0 Å². The van der Waals surface area contributed by atoms with Gasteiger partial charge in [-0.1, -0.05) is 43.2 Å². The molecule has 2 nitrogen and oxygen atoms in total. The summed E-state index contributed by atoms with van der Waals surface area (Å²) >= 11 is 0. The third-order valence-corrected chi connectivity index (χ3v) is 4.78. The van der Waals surface area contributed by atoms with E-state index in [4.69, 9.17) is 0 Å². The maximum atomic E-state index is 12.4. The molecule has 0 N–H and O–H groups in total. The molecule has 102 valence electrons. The van der Waals surface area contributed by atoms with Crippen molar-refractivity contribution in [2.45, 2.75) is 44.4 Å². The number of amides is 1. The van der Waals surface area contributed by atoms with Crippen molar-refractivity contribution in [3.8, 4) is 0 Å². The summed E-state index contributed by atoms with van der Waals surface area (Å²) in [6, 6.07) is 10.7. The Balaban J connectivity index is 1.56. The summed E-state index contributed by atoms with van der Waals surface area (Å²) in [7, 11) is 0. The number of hydrogen-bond donors (Lipinski definition) is 0. The standard InChI is InChI=1S/C17H23NO/c19-17(16-8-4-5-9-16)18-12-10-15(11-13-18)14-6-2-1-3-7-14/h1-3,6-7,15-16H,4-5,8-13H2. The minimum Gasteiger partial charge on any atom is -0.342 e. The summed E-state index contributed by atoms with van der Waals surface area (Å²) in [5.74, 6) is 1.42. The number of hydrogen-bond acceptors (Lipinski definition) is 1. The maximum Gasteiger partial charge on any atom is 0.225 e. The normalized spacial score (nSPS) is 21.8. The van der Waals surface area contributed by atoms with Crippen LogP contribution in [0.25, 0.3) is 0 Å². The van der Waals surface area contributed by atoms with Crippen LogP contribution in [0.2, 0.25) is 0 Å². The lowest BCUT2D eigenvalue weighted by Crippen LogP contribution is -2.40. The van der Waals surface area contributed by atoms with Gasteiger partial charge in [0.15, 0.2) is 0 Å². The molecular formula is C17H23NO. The highest BCUT2D eigenvalue weighted by atomic mass is 16.2. The molecule has 1 aromatic carbocycles. The predicted molar refractivity (Wildman–Crippen MR) is 77.0 cm³/mol. The first-order chi connectivity index (χ1) is 9.34. The highest BCUT2D eigenvalue weighted by molar-refractivity contribution is 5.79. The lowest BCUT2D eigenvalue weighted by Gasteiger charge is -2.33. The van der Waals surface area contributed by atoms with Gasteiger partial charge in [-0.15, -0.1) is 0 Å². The van der Waals surface area contributed by atoms with Gasteiger partial charge in [-0.2, -0.15) is 0 Å². The van der Waals surface area contributed by atoms with Crippen molar-refractivity contribution >= 4 is 5.91 Å². The molecule has 2 heteroatoms. The lowest BCUT2D eigenvalue weighted by molar-refractivity contribution is -0.136. The summed E-state index contributed by atoms with van der Waals surface area (Å²) in [5, 5.41) is 0. The van der Waals surface area contributed by atoms with E-state index >= 15 is 0 Å². The van der Waals surface area contributed by atoms with Crippen molar-refractivity contribution in [3.05, 3.63) is 35.9 Å². The smallest absolute Gasteiger partial charge is 0.225 e. The summed E-state index contributed by atoms with van der Waals surface area (Å²) in [6.45, 7) is 1.91. The Kier molecular flexibility index (Phi) is 3.86. The monoisotopic (exact) mass is 257 g/mol. The van der Waals surface area contributed by atoms with Crippen molar-refractivity contribution < 1.29 is 4.79 Å². The molecule has 2 fully saturated rings. The Bertz CT molecular complexity index is 414. The van der Waals surface area contributed by atoms with Crippen molar-refractivity contribution in [3.63, 3.8) is 0 Å². The van der Waals surface area contributed by atoms with Gasteiger partial charge in [0.25, 0.3) is 0 Å². The van der Waals surface area contributed by atoms with Gasteiger partial charge in [-0.05, 0) is 37.2 Å². The molecule has 2 aliphatic rings. The maximum absolute atomic E-state index is 12.4. The molecule has 0 spiro atoms. The lowest BCUT2D eigenvalue weighted by atomic mass is 9.89. The number of carbonyl (C=O) groups is 1. The molecule has 19 heavy (non-hydrogen) atoms. The Morgan fingerprint density at radius 3 is 2.21 bits per heavy atom. The summed E-state index contributed by atoms with van der Waals surface area (Å²) in [5.41, 5.74) is 1.44. The molecule has 1 heterocycles. The quantitative estimate of drug-likeness (QED) is 0.793. The topological polar surface area (TPSA) is 20.3 Å². The molecule has 0 radical (unpaired) electrons. The van der Waals surface area contributed by atoms with Crippen LogP contribution in [0.1, 0.15) is 50.0 Å². The fourth-order valence-electron chi connectivity index (χ4n) is 3.59. The molecule has 0 aromatic heterocycles. The van der Waals surface area contributed by atoms with Gasteiger partial charge in [0.1, 0.15) is 0 Å². The van der Waals surface area contributed by atoms with Crippen LogP contribution in [0.4, 0.5) is 0 Å². The van der Waals surface area contributed by atoms with Crippen molar-refractivity contribution in [1.29, 1.82) is 0 Å². The molecule has 1 saturated carbocycles. The van der Waals surface area contributed by atoms with Crippen LogP contribution in [0.3, 0.4) is 0 Å². The predicted octanol–water partition coefficient (Wildman–Crippen LogP) is 3.58. The fraction of sp³-hybridized carbons (Fsp3) is 0.588. The Hall–Kier alpha value is -1.31. The van der Waals surface area contributed by atoms with E-state index in [0.29, 0.717) is 17.7 Å². The van der Waals surface area contributed by atoms with Crippen molar-refractivity contribution in [1.82, 2.24) is 4.90 Å². The molecule has 1 amide bonds. The Labute approximate surface area is 115 Å². The molecule has 1 aliphatic heterocycles. The number of nitrogens with zero attached hydrogens (tertiary/aromatic N) is 1. The van der Waals surface area contributed by atoms with Crippen LogP contribution in [0.5, 0.6) is 0 Å². The van der Waals surface area contributed by atoms with E-state index in [2.05, 4.69) is 35.2 Å². The second-order valence-corrected chi connectivity index (χ2v) is 5.99. The first kappa shape index (κ1) is 12.7. The van der Waals surface area contributed by atoms with E-state index in [1.54, 1.807) is 0 Å². The van der Waals surface area contributed by atoms with Gasteiger partial charge in [0.05, 0.1) is 0 Å². The zero-order valence-electron chi connectivity index (χ0n) is 11.6. The third kappa shape index (κ3) is 2.83. The number of likely N-dealkylation sites (tertiary alicyclic amines) is 1. The van der Waals surface area contributed by atoms with E-state index in [9.17, 15) is 4.79 Å². The highest BCUT2D eigenvalue weighted by Crippen LogP contribution is 2.31. The molecule has 1 saturated heterocycles. The van der Waals surface area contributed by atoms with Crippen molar-refractivity contribution in [2.75, 3.05) is 13.1 Å². The average molecular weight is 257 g/mol. The molecule has 1 aliphatic carbocycles. The van der Waals surface area contributed by atoms with Gasteiger partial charge >= 0.3 is 0 Å². The van der Waals surface area contributed by atoms with E-state index in [1.165, 1.54) is 18.4 Å². The molecule has 1 aromatic rings. The Morgan fingerprint density at radius 2 is 1.58 bits per heavy atom. The second kappa shape index (κ2) is 5.77. The second-order valence-electron chi connectivity index (χ2n) is 5.99. The zero-order valence-corrected chi connectivity index (χ0v) is 11.6. The van der Waals surface area contributed by atoms with Crippen LogP contribution in [-0.4, -0.2) is 23.9 Å². The minimum absolute atomic E-state index is 0.341. The first-order valence-electron chi connectivity index (χ1n) is 7.68. The third-order valence-electron chi connectivity index (χ3n) is 4.78. The van der Waals surface area contributed by atoms with Gasteiger partial charge in [-0.25, -0.2) is 0 Å². The molecule has 0 unspecified atom stereocenters. The van der Waals surface area contributed by atoms with Gasteiger partial charge in [-0.3, -0.25) is 4.79 Å². The summed E-state index contributed by atoms with van der Waals surface area (Å²) in [4.78, 5) is 14.5. The number of rotatable bonds is 2. The fourth-order valence-corrected chi connectivity index (χ4v) is 3.59. The van der Waals surface area contributed by atoms with E-state index in [0.717, 1.165) is 38.8 Å². The van der Waals surface area contributed by atoms with Gasteiger partial charge < -0.3 is 4.90 Å². The summed E-state index contributed by atoms with van der Waals surface area (Å²) in [6.07, 6.45) is 6.99. The number of piperidine rings is 1. The van der Waals surface area contributed by atoms with E-state index < -0.39 is 0 Å². The summed E-state index contributed by atoms with van der Waals surface area (Å²) < 4.78 is 0.